The third kappa shape index (κ3) is 7.60. The number of aromatic carboxylic acids is 1. The zero-order valence-electron chi connectivity index (χ0n) is 15.3. The van der Waals surface area contributed by atoms with Crippen LogP contribution in [0.15, 0.2) is 30.3 Å². The van der Waals surface area contributed by atoms with Crippen molar-refractivity contribution >= 4 is 46.2 Å². The zero-order chi connectivity index (χ0) is 19.8. The van der Waals surface area contributed by atoms with Crippen molar-refractivity contribution in [2.75, 3.05) is 11.9 Å². The van der Waals surface area contributed by atoms with Crippen LogP contribution in [0.1, 0.15) is 47.2 Å². The van der Waals surface area contributed by atoms with Gasteiger partial charge in [0.15, 0.2) is 0 Å². The summed E-state index contributed by atoms with van der Waals surface area (Å²) in [5.74, 6) is -0.00220. The van der Waals surface area contributed by atoms with Gasteiger partial charge in [-0.1, -0.05) is 24.9 Å². The number of alkyl halides is 1. The molecule has 148 valence electrons. The second-order valence-electron chi connectivity index (χ2n) is 6.68. The Morgan fingerprint density at radius 3 is 2.63 bits per heavy atom. The highest BCUT2D eigenvalue weighted by Crippen LogP contribution is 2.30. The van der Waals surface area contributed by atoms with Gasteiger partial charge in [0.05, 0.1) is 0 Å². The standard InChI is InChI=1S/C12H15Cl2NO.C8H10O2S/c13-9-2-1-8(3-9)7-15-11-4-10(14)5-12(16)6-11;1-2-3-6-4-5-7(11-6)8(9)10/h4-6,8-9,15-16H,1-3,7H2;4-5H,2-3H2,1H3,(H,9,10). The molecule has 1 saturated carbocycles. The van der Waals surface area contributed by atoms with E-state index in [1.165, 1.54) is 23.8 Å². The van der Waals surface area contributed by atoms with Crippen molar-refractivity contribution in [3.63, 3.8) is 0 Å². The minimum atomic E-state index is -0.822. The maximum Gasteiger partial charge on any atom is 0.345 e. The summed E-state index contributed by atoms with van der Waals surface area (Å²) < 4.78 is 0. The van der Waals surface area contributed by atoms with Crippen molar-refractivity contribution in [1.29, 1.82) is 0 Å². The molecule has 7 heteroatoms. The molecular formula is C20H25Cl2NO3S. The molecule has 1 aliphatic rings. The summed E-state index contributed by atoms with van der Waals surface area (Å²) in [6.45, 7) is 2.98. The number of hydrogen-bond donors (Lipinski definition) is 3. The van der Waals surface area contributed by atoms with Gasteiger partial charge in [-0.25, -0.2) is 4.79 Å². The van der Waals surface area contributed by atoms with Crippen LogP contribution in [0.3, 0.4) is 0 Å². The average molecular weight is 430 g/mol. The van der Waals surface area contributed by atoms with E-state index in [0.717, 1.165) is 42.8 Å². The van der Waals surface area contributed by atoms with Crippen LogP contribution in [-0.4, -0.2) is 28.1 Å². The number of halogens is 2. The van der Waals surface area contributed by atoms with E-state index in [0.29, 0.717) is 21.2 Å². The molecule has 3 rings (SSSR count). The molecule has 1 aliphatic carbocycles. The van der Waals surface area contributed by atoms with Gasteiger partial charge in [0.1, 0.15) is 10.6 Å². The molecule has 1 aromatic heterocycles. The van der Waals surface area contributed by atoms with Crippen LogP contribution >= 0.6 is 34.5 Å². The van der Waals surface area contributed by atoms with Gasteiger partial charge in [0, 0.05) is 33.6 Å². The summed E-state index contributed by atoms with van der Waals surface area (Å²) in [6, 6.07) is 8.57. The van der Waals surface area contributed by atoms with E-state index in [9.17, 15) is 9.90 Å². The van der Waals surface area contributed by atoms with Gasteiger partial charge in [0.2, 0.25) is 0 Å². The van der Waals surface area contributed by atoms with E-state index < -0.39 is 5.97 Å². The van der Waals surface area contributed by atoms with Crippen LogP contribution < -0.4 is 5.32 Å². The number of benzene rings is 1. The number of aryl methyl sites for hydroxylation is 1. The van der Waals surface area contributed by atoms with Crippen molar-refractivity contribution in [3.05, 3.63) is 45.1 Å². The molecule has 0 amide bonds. The molecule has 0 saturated heterocycles. The van der Waals surface area contributed by atoms with Crippen LogP contribution in [0.25, 0.3) is 0 Å². The molecule has 2 atom stereocenters. The van der Waals surface area contributed by atoms with E-state index in [4.69, 9.17) is 28.3 Å². The number of rotatable bonds is 6. The molecule has 1 aromatic carbocycles. The minimum Gasteiger partial charge on any atom is -0.508 e. The summed E-state index contributed by atoms with van der Waals surface area (Å²) in [7, 11) is 0. The second kappa shape index (κ2) is 10.8. The molecule has 0 radical (unpaired) electrons. The lowest BCUT2D eigenvalue weighted by Crippen LogP contribution is -2.11. The third-order valence-corrected chi connectivity index (χ3v) is 6.07. The van der Waals surface area contributed by atoms with Gasteiger partial charge >= 0.3 is 5.97 Å². The Morgan fingerprint density at radius 1 is 1.30 bits per heavy atom. The maximum atomic E-state index is 10.4. The van der Waals surface area contributed by atoms with Crippen LogP contribution in [0.5, 0.6) is 5.75 Å². The van der Waals surface area contributed by atoms with Crippen molar-refractivity contribution < 1.29 is 15.0 Å². The minimum absolute atomic E-state index is 0.191. The summed E-state index contributed by atoms with van der Waals surface area (Å²) in [5.41, 5.74) is 0.864. The topological polar surface area (TPSA) is 69.6 Å². The molecule has 4 nitrogen and oxygen atoms in total. The lowest BCUT2D eigenvalue weighted by molar-refractivity contribution is 0.0702. The van der Waals surface area contributed by atoms with Gasteiger partial charge in [-0.3, -0.25) is 0 Å². The number of carboxylic acid groups (broad SMARTS) is 1. The first kappa shape index (κ1) is 21.9. The zero-order valence-corrected chi connectivity index (χ0v) is 17.6. The summed E-state index contributed by atoms with van der Waals surface area (Å²) in [4.78, 5) is 12.0. The molecule has 1 heterocycles. The van der Waals surface area contributed by atoms with Gasteiger partial charge in [0.25, 0.3) is 0 Å². The number of nitrogens with one attached hydrogen (secondary N) is 1. The number of phenolic OH excluding ortho intramolecular Hbond substituents is 1. The number of hydrogen-bond acceptors (Lipinski definition) is 4. The number of aromatic hydroxyl groups is 1. The molecule has 0 aliphatic heterocycles. The average Bonchev–Trinajstić information content (AvgIpc) is 3.22. The van der Waals surface area contributed by atoms with E-state index in [1.807, 2.05) is 12.1 Å². The first-order chi connectivity index (χ1) is 12.9. The maximum absolute atomic E-state index is 10.4. The van der Waals surface area contributed by atoms with E-state index in [2.05, 4.69) is 12.2 Å². The van der Waals surface area contributed by atoms with E-state index >= 15 is 0 Å². The van der Waals surface area contributed by atoms with Crippen molar-refractivity contribution in [1.82, 2.24) is 0 Å². The fraction of sp³-hybridized carbons (Fsp3) is 0.450. The largest absolute Gasteiger partial charge is 0.508 e. The summed E-state index contributed by atoms with van der Waals surface area (Å²) in [6.07, 6.45) is 5.40. The van der Waals surface area contributed by atoms with Crippen LogP contribution in [-0.2, 0) is 6.42 Å². The lowest BCUT2D eigenvalue weighted by Gasteiger charge is -2.12. The monoisotopic (exact) mass is 429 g/mol. The van der Waals surface area contributed by atoms with Gasteiger partial charge < -0.3 is 15.5 Å². The second-order valence-corrected chi connectivity index (χ2v) is 8.90. The van der Waals surface area contributed by atoms with Crippen LogP contribution in [0, 0.1) is 5.92 Å². The molecule has 3 N–H and O–H groups in total. The summed E-state index contributed by atoms with van der Waals surface area (Å²) >= 11 is 13.3. The molecule has 27 heavy (non-hydrogen) atoms. The highest BCUT2D eigenvalue weighted by Gasteiger charge is 2.22. The predicted octanol–water partition coefficient (Wildman–Crippen LogP) is 6.26. The predicted molar refractivity (Wildman–Crippen MR) is 114 cm³/mol. The Balaban J connectivity index is 0.000000208. The molecule has 2 aromatic rings. The fourth-order valence-electron chi connectivity index (χ4n) is 3.01. The summed E-state index contributed by atoms with van der Waals surface area (Å²) in [5, 5.41) is 22.1. The Bertz CT molecular complexity index is 730. The number of carboxylic acids is 1. The molecule has 0 spiro atoms. The highest BCUT2D eigenvalue weighted by molar-refractivity contribution is 7.13. The number of carbonyl (C=O) groups is 1. The van der Waals surface area contributed by atoms with E-state index in [-0.39, 0.29) is 5.75 Å². The normalized spacial score (nSPS) is 18.6. The Kier molecular flexibility index (Phi) is 8.74. The molecular weight excluding hydrogens is 405 g/mol. The molecule has 2 unspecified atom stereocenters. The third-order valence-electron chi connectivity index (χ3n) is 4.32. The van der Waals surface area contributed by atoms with Crippen molar-refractivity contribution in [3.8, 4) is 5.75 Å². The highest BCUT2D eigenvalue weighted by atomic mass is 35.5. The first-order valence-electron chi connectivity index (χ1n) is 9.06. The van der Waals surface area contributed by atoms with Gasteiger partial charge in [-0.15, -0.1) is 22.9 Å². The Labute approximate surface area is 174 Å². The van der Waals surface area contributed by atoms with Crippen LogP contribution in [0.2, 0.25) is 5.02 Å². The molecule has 1 fully saturated rings. The van der Waals surface area contributed by atoms with Gasteiger partial charge in [-0.05, 0) is 55.9 Å². The van der Waals surface area contributed by atoms with Crippen LogP contribution in [0.4, 0.5) is 5.69 Å². The Hall–Kier alpha value is -1.43. The lowest BCUT2D eigenvalue weighted by atomic mass is 10.1. The van der Waals surface area contributed by atoms with Crippen molar-refractivity contribution in [2.45, 2.75) is 44.4 Å². The first-order valence-corrected chi connectivity index (χ1v) is 10.7. The Morgan fingerprint density at radius 2 is 2.07 bits per heavy atom. The van der Waals surface area contributed by atoms with Gasteiger partial charge in [-0.2, -0.15) is 0 Å². The van der Waals surface area contributed by atoms with E-state index in [1.54, 1.807) is 12.1 Å². The number of anilines is 1. The molecule has 0 bridgehead atoms. The fourth-order valence-corrected chi connectivity index (χ4v) is 4.57. The quantitative estimate of drug-likeness (QED) is 0.473. The SMILES string of the molecule is CCCc1ccc(C(=O)O)s1.Oc1cc(Cl)cc(NCC2CCC(Cl)C2)c1. The number of thiophene rings is 1. The smallest absolute Gasteiger partial charge is 0.345 e. The number of phenols is 1. The van der Waals surface area contributed by atoms with Crippen molar-refractivity contribution in [2.24, 2.45) is 5.92 Å².